The molecule has 0 saturated carbocycles. The lowest BCUT2D eigenvalue weighted by atomic mass is 10.1. The lowest BCUT2D eigenvalue weighted by molar-refractivity contribution is -0.107. The van der Waals surface area contributed by atoms with Crippen molar-refractivity contribution in [2.24, 2.45) is 5.14 Å². The topological polar surface area (TPSA) is 69.4 Å². The summed E-state index contributed by atoms with van der Waals surface area (Å²) in [5, 5.41) is 5.01. The number of rotatable bonds is 5. The molecule has 0 unspecified atom stereocenters. The molecular weight excluding hydrogens is 214 g/mol. The number of hydrogen-bond acceptors (Lipinski definition) is 5. The quantitative estimate of drug-likeness (QED) is 0.467. The lowest BCUT2D eigenvalue weighted by Crippen LogP contribution is -2.02. The minimum Gasteiger partial charge on any atom is -0.371 e. The molecule has 4 nitrogen and oxygen atoms in total. The average molecular weight is 225 g/mol. The molecule has 0 saturated heterocycles. The van der Waals surface area contributed by atoms with Crippen molar-refractivity contribution in [3.63, 3.8) is 0 Å². The van der Waals surface area contributed by atoms with Crippen LogP contribution >= 0.6 is 12.2 Å². The molecule has 1 aromatic carbocycles. The second-order valence-corrected chi connectivity index (χ2v) is 3.23. The molecule has 2 N–H and O–H groups in total. The van der Waals surface area contributed by atoms with Crippen LogP contribution in [0.5, 0.6) is 0 Å². The highest BCUT2D eigenvalue weighted by molar-refractivity contribution is 7.92. The number of nitrogens with two attached hydrogens (primary N) is 1. The van der Waals surface area contributed by atoms with Gasteiger partial charge in [0.25, 0.3) is 0 Å². The maximum Gasteiger partial charge on any atom is 0.351 e. The van der Waals surface area contributed by atoms with E-state index in [1.807, 2.05) is 6.07 Å². The van der Waals surface area contributed by atoms with E-state index in [4.69, 9.17) is 5.14 Å². The van der Waals surface area contributed by atoms with E-state index in [0.717, 1.165) is 11.8 Å². The summed E-state index contributed by atoms with van der Waals surface area (Å²) in [7, 11) is 0. The largest absolute Gasteiger partial charge is 0.371 e. The zero-order valence-corrected chi connectivity index (χ0v) is 8.83. The monoisotopic (exact) mass is 225 g/mol. The van der Waals surface area contributed by atoms with Crippen molar-refractivity contribution in [2.45, 2.75) is 12.8 Å². The van der Waals surface area contributed by atoms with Crippen LogP contribution in [-0.4, -0.2) is 12.3 Å². The first-order valence-corrected chi connectivity index (χ1v) is 5.18. The Hall–Kier alpha value is -1.33. The molecule has 80 valence electrons. The fraction of sp³-hybridized carbons (Fsp3) is 0.200. The highest BCUT2D eigenvalue weighted by atomic mass is 32.2. The van der Waals surface area contributed by atoms with Gasteiger partial charge in [-0.15, -0.1) is 0 Å². The second-order valence-electron chi connectivity index (χ2n) is 2.87. The third-order valence-corrected chi connectivity index (χ3v) is 2.08. The van der Waals surface area contributed by atoms with Crippen molar-refractivity contribution < 1.29 is 13.8 Å². The Labute approximate surface area is 92.1 Å². The van der Waals surface area contributed by atoms with E-state index in [0.29, 0.717) is 30.6 Å². The van der Waals surface area contributed by atoms with Crippen molar-refractivity contribution in [3.05, 3.63) is 35.4 Å². The Morgan fingerprint density at radius 1 is 1.53 bits per heavy atom. The number of hydrogen-bond donors (Lipinski definition) is 1. The highest BCUT2D eigenvalue weighted by Gasteiger charge is 2.07. The fourth-order valence-corrected chi connectivity index (χ4v) is 1.35. The van der Waals surface area contributed by atoms with Gasteiger partial charge in [0.15, 0.2) is 0 Å². The maximum atomic E-state index is 11.3. The van der Waals surface area contributed by atoms with E-state index in [9.17, 15) is 9.59 Å². The minimum absolute atomic E-state index is 0.441. The summed E-state index contributed by atoms with van der Waals surface area (Å²) in [5.74, 6) is -0.476. The second kappa shape index (κ2) is 6.21. The number of carbonyl (C=O) groups excluding carboxylic acids is 2. The van der Waals surface area contributed by atoms with Gasteiger partial charge in [-0.2, -0.15) is 0 Å². The summed E-state index contributed by atoms with van der Waals surface area (Å²) < 4.78 is 4.57. The highest BCUT2D eigenvalue weighted by Crippen LogP contribution is 2.10. The molecular formula is C10H11NO3S. The summed E-state index contributed by atoms with van der Waals surface area (Å²) >= 11 is 0.523. The predicted molar refractivity (Wildman–Crippen MR) is 58.0 cm³/mol. The van der Waals surface area contributed by atoms with Crippen molar-refractivity contribution >= 4 is 24.5 Å². The van der Waals surface area contributed by atoms with Crippen molar-refractivity contribution in [1.82, 2.24) is 0 Å². The molecule has 0 aliphatic heterocycles. The third-order valence-electron chi connectivity index (χ3n) is 1.84. The van der Waals surface area contributed by atoms with Gasteiger partial charge >= 0.3 is 5.97 Å². The molecule has 0 fully saturated rings. The molecule has 15 heavy (non-hydrogen) atoms. The lowest BCUT2D eigenvalue weighted by Gasteiger charge is -2.02. The fourth-order valence-electron chi connectivity index (χ4n) is 1.17. The molecule has 0 aliphatic rings. The van der Waals surface area contributed by atoms with E-state index in [1.54, 1.807) is 18.2 Å². The van der Waals surface area contributed by atoms with E-state index in [-0.39, 0.29) is 0 Å². The van der Waals surface area contributed by atoms with Crippen molar-refractivity contribution in [3.8, 4) is 0 Å². The zero-order valence-electron chi connectivity index (χ0n) is 8.01. The smallest absolute Gasteiger partial charge is 0.351 e. The van der Waals surface area contributed by atoms with Crippen LogP contribution < -0.4 is 5.14 Å². The van der Waals surface area contributed by atoms with E-state index < -0.39 is 5.97 Å². The number of aldehydes is 1. The van der Waals surface area contributed by atoms with Crippen LogP contribution in [-0.2, 0) is 15.4 Å². The molecule has 0 atom stereocenters. The molecule has 0 aliphatic carbocycles. The van der Waals surface area contributed by atoms with Gasteiger partial charge in [0.2, 0.25) is 0 Å². The van der Waals surface area contributed by atoms with Crippen LogP contribution in [0, 0.1) is 0 Å². The number of aryl methyl sites for hydroxylation is 1. The van der Waals surface area contributed by atoms with Crippen LogP contribution in [0.25, 0.3) is 0 Å². The molecule has 0 amide bonds. The molecule has 0 aromatic heterocycles. The van der Waals surface area contributed by atoms with Crippen LogP contribution in [0.1, 0.15) is 22.3 Å². The molecule has 5 heteroatoms. The average Bonchev–Trinajstić information content (AvgIpc) is 2.27. The maximum absolute atomic E-state index is 11.3. The van der Waals surface area contributed by atoms with Gasteiger partial charge < -0.3 is 8.98 Å². The van der Waals surface area contributed by atoms with Crippen LogP contribution in [0.15, 0.2) is 24.3 Å². The van der Waals surface area contributed by atoms with Crippen LogP contribution in [0.3, 0.4) is 0 Å². The van der Waals surface area contributed by atoms with E-state index in [1.165, 1.54) is 0 Å². The summed E-state index contributed by atoms with van der Waals surface area (Å²) in [6, 6.07) is 6.94. The van der Waals surface area contributed by atoms with Crippen LogP contribution in [0.4, 0.5) is 0 Å². The SMILES string of the molecule is NSOC(=O)c1cccc(CCC=O)c1. The summed E-state index contributed by atoms with van der Waals surface area (Å²) in [5.41, 5.74) is 1.37. The Bertz CT molecular complexity index is 354. The van der Waals surface area contributed by atoms with Gasteiger partial charge in [0, 0.05) is 6.42 Å². The summed E-state index contributed by atoms with van der Waals surface area (Å²) in [6.07, 6.45) is 1.92. The van der Waals surface area contributed by atoms with E-state index >= 15 is 0 Å². The first kappa shape index (κ1) is 11.7. The standard InChI is InChI=1S/C10H11NO3S/c11-15-14-10(13)9-5-1-3-8(7-9)4-2-6-12/h1,3,5-7H,2,4,11H2. The van der Waals surface area contributed by atoms with Crippen LogP contribution in [0.2, 0.25) is 0 Å². The molecule has 0 radical (unpaired) electrons. The molecule has 0 spiro atoms. The molecule has 1 aromatic rings. The van der Waals surface area contributed by atoms with Crippen molar-refractivity contribution in [1.29, 1.82) is 0 Å². The summed E-state index contributed by atoms with van der Waals surface area (Å²) in [4.78, 5) is 21.5. The van der Waals surface area contributed by atoms with Gasteiger partial charge in [0.1, 0.15) is 18.5 Å². The summed E-state index contributed by atoms with van der Waals surface area (Å²) in [6.45, 7) is 0. The molecule has 0 bridgehead atoms. The van der Waals surface area contributed by atoms with E-state index in [2.05, 4.69) is 4.18 Å². The van der Waals surface area contributed by atoms with Gasteiger partial charge in [0.05, 0.1) is 5.56 Å². The normalized spacial score (nSPS) is 9.67. The molecule has 1 rings (SSSR count). The Morgan fingerprint density at radius 3 is 3.00 bits per heavy atom. The Kier molecular flexibility index (Phi) is 4.86. The third kappa shape index (κ3) is 3.73. The van der Waals surface area contributed by atoms with Gasteiger partial charge in [-0.05, 0) is 24.1 Å². The van der Waals surface area contributed by atoms with Gasteiger partial charge in [-0.25, -0.2) is 9.93 Å². The minimum atomic E-state index is -0.476. The first-order chi connectivity index (χ1) is 7.27. The number of benzene rings is 1. The predicted octanol–water partition coefficient (Wildman–Crippen LogP) is 1.50. The number of carbonyl (C=O) groups is 2. The van der Waals surface area contributed by atoms with Gasteiger partial charge in [-0.3, -0.25) is 0 Å². The van der Waals surface area contributed by atoms with Gasteiger partial charge in [-0.1, -0.05) is 12.1 Å². The molecule has 0 heterocycles. The zero-order chi connectivity index (χ0) is 11.1. The Morgan fingerprint density at radius 2 is 2.33 bits per heavy atom. The Balaban J connectivity index is 2.73. The van der Waals surface area contributed by atoms with Crippen molar-refractivity contribution in [2.75, 3.05) is 0 Å². The first-order valence-electron chi connectivity index (χ1n) is 4.38.